The van der Waals surface area contributed by atoms with E-state index >= 15 is 0 Å². The molecule has 1 saturated heterocycles. The van der Waals surface area contributed by atoms with Crippen molar-refractivity contribution in [2.24, 2.45) is 5.92 Å². The van der Waals surface area contributed by atoms with E-state index in [0.717, 1.165) is 17.3 Å². The van der Waals surface area contributed by atoms with Crippen molar-refractivity contribution in [3.8, 4) is 0 Å². The van der Waals surface area contributed by atoms with Gasteiger partial charge in [0.25, 0.3) is 12.1 Å². The van der Waals surface area contributed by atoms with Gasteiger partial charge in [-0.25, -0.2) is 0 Å². The molecule has 0 atom stereocenters. The van der Waals surface area contributed by atoms with Crippen molar-refractivity contribution in [2.75, 3.05) is 31.5 Å². The first-order valence-electron chi connectivity index (χ1n) is 13.5. The number of anilines is 1. The van der Waals surface area contributed by atoms with Gasteiger partial charge in [0, 0.05) is 37.4 Å². The number of nitrogens with zero attached hydrogens (tertiary/aromatic N) is 3. The molecule has 1 fully saturated rings. The van der Waals surface area contributed by atoms with E-state index in [1.165, 1.54) is 0 Å². The van der Waals surface area contributed by atoms with Gasteiger partial charge < -0.3 is 20.2 Å². The van der Waals surface area contributed by atoms with E-state index in [0.29, 0.717) is 56.1 Å². The van der Waals surface area contributed by atoms with Crippen LogP contribution in [0.4, 0.5) is 5.69 Å². The van der Waals surface area contributed by atoms with Crippen LogP contribution in [0.15, 0.2) is 97.0 Å². The molecule has 0 bridgehead atoms. The van der Waals surface area contributed by atoms with E-state index in [1.807, 2.05) is 79.4 Å². The number of nitrogens with one attached hydrogen (secondary N) is 1. The number of rotatable bonds is 10. The minimum Gasteiger partial charge on any atom is -0.380 e. The fourth-order valence-corrected chi connectivity index (χ4v) is 5.39. The average Bonchev–Trinajstić information content (AvgIpc) is 2.98. The van der Waals surface area contributed by atoms with Crippen molar-refractivity contribution >= 4 is 11.6 Å². The molecule has 0 radical (unpaired) electrons. The lowest BCUT2D eigenvalue weighted by atomic mass is 9.72. The smallest absolute Gasteiger partial charge is 0.274 e. The molecule has 0 unspecified atom stereocenters. The molecular formula is C31H36N4O4. The van der Waals surface area contributed by atoms with Gasteiger partial charge in [-0.15, -0.1) is 0 Å². The Hall–Kier alpha value is -4.17. The molecule has 0 aliphatic carbocycles. The largest absolute Gasteiger partial charge is 0.380 e. The number of aliphatic hydroxyl groups is 1. The first-order chi connectivity index (χ1) is 18.9. The van der Waals surface area contributed by atoms with Crippen LogP contribution in [0.3, 0.4) is 0 Å². The molecule has 2 N–H and O–H groups in total. The summed E-state index contributed by atoms with van der Waals surface area (Å²) in [6.07, 6.45) is 2.28. The highest BCUT2D eigenvalue weighted by Gasteiger charge is 2.42. The summed E-state index contributed by atoms with van der Waals surface area (Å²) in [7, 11) is 0. The molecule has 8 heteroatoms. The number of piperidine rings is 1. The topological polar surface area (TPSA) is 99.0 Å². The van der Waals surface area contributed by atoms with Crippen molar-refractivity contribution in [2.45, 2.75) is 32.3 Å². The van der Waals surface area contributed by atoms with Crippen LogP contribution in [0.25, 0.3) is 0 Å². The molecule has 4 rings (SSSR count). The van der Waals surface area contributed by atoms with Crippen LogP contribution in [0.1, 0.15) is 48.2 Å². The summed E-state index contributed by atoms with van der Waals surface area (Å²) in [4.78, 5) is 27.4. The number of amides is 1. The number of likely N-dealkylation sites (tertiary alicyclic amines) is 1. The van der Waals surface area contributed by atoms with Crippen LogP contribution in [0, 0.1) is 16.0 Å². The van der Waals surface area contributed by atoms with Gasteiger partial charge in [0.2, 0.25) is 0 Å². The number of hydrogen-bond donors (Lipinski definition) is 2. The molecule has 1 heterocycles. The molecule has 3 aromatic rings. The summed E-state index contributed by atoms with van der Waals surface area (Å²) in [5, 5.41) is 26.8. The minimum absolute atomic E-state index is 0.0426. The van der Waals surface area contributed by atoms with Gasteiger partial charge >= 0.3 is 0 Å². The lowest BCUT2D eigenvalue weighted by Crippen LogP contribution is -2.44. The quantitative estimate of drug-likeness (QED) is 0.274. The fourth-order valence-electron chi connectivity index (χ4n) is 5.39. The van der Waals surface area contributed by atoms with E-state index in [4.69, 9.17) is 0 Å². The molecule has 8 nitrogen and oxygen atoms in total. The zero-order valence-corrected chi connectivity index (χ0v) is 22.5. The molecule has 39 heavy (non-hydrogen) atoms. The third-order valence-electron chi connectivity index (χ3n) is 7.54. The highest BCUT2D eigenvalue weighted by Crippen LogP contribution is 2.42. The first-order valence-corrected chi connectivity index (χ1v) is 13.5. The monoisotopic (exact) mass is 528 g/mol. The predicted octanol–water partition coefficient (Wildman–Crippen LogP) is 5.30. The highest BCUT2D eigenvalue weighted by molar-refractivity contribution is 5.94. The second kappa shape index (κ2) is 12.6. The Balaban J connectivity index is 1.51. The molecule has 1 amide bonds. The van der Waals surface area contributed by atoms with E-state index in [1.54, 1.807) is 29.2 Å². The van der Waals surface area contributed by atoms with Crippen LogP contribution in [0.5, 0.6) is 0 Å². The SMILES string of the molecule is CCN(CC)C(=O)c1ccc(N/C(=C/[N+](=O)[O-])N2CCC(C(O)(c3ccccc3)c3ccccc3)CC2)cc1. The standard InChI is InChI=1S/C31H36N4O4/c1-3-33(4-2)30(36)24-15-17-28(18-16-24)32-29(23-35(38)39)34-21-19-27(20-22-34)31(37,25-11-7-5-8-12-25)26-13-9-6-10-14-26/h5-18,23,27,32,37H,3-4,19-22H2,1-2H3/b29-23-. The van der Waals surface area contributed by atoms with Gasteiger partial charge in [0.05, 0.1) is 4.92 Å². The van der Waals surface area contributed by atoms with Gasteiger partial charge in [0.1, 0.15) is 5.60 Å². The molecule has 0 spiro atoms. The number of nitro groups is 1. The zero-order chi connectivity index (χ0) is 27.8. The Bertz CT molecular complexity index is 1230. The second-order valence-electron chi connectivity index (χ2n) is 9.74. The number of benzene rings is 3. The normalized spacial score (nSPS) is 14.6. The van der Waals surface area contributed by atoms with E-state index in [9.17, 15) is 20.0 Å². The maximum atomic E-state index is 12.6. The van der Waals surface area contributed by atoms with Crippen molar-refractivity contribution < 1.29 is 14.8 Å². The van der Waals surface area contributed by atoms with Crippen LogP contribution in [-0.4, -0.2) is 51.9 Å². The Kier molecular flexibility index (Phi) is 8.99. The third kappa shape index (κ3) is 6.29. The summed E-state index contributed by atoms with van der Waals surface area (Å²) in [6.45, 7) is 6.22. The van der Waals surface area contributed by atoms with Crippen LogP contribution in [0.2, 0.25) is 0 Å². The third-order valence-corrected chi connectivity index (χ3v) is 7.54. The van der Waals surface area contributed by atoms with Gasteiger partial charge in [-0.2, -0.15) is 0 Å². The maximum absolute atomic E-state index is 12.6. The number of carbonyl (C=O) groups excluding carboxylic acids is 1. The average molecular weight is 529 g/mol. The minimum atomic E-state index is -1.16. The number of hydrogen-bond acceptors (Lipinski definition) is 6. The van der Waals surface area contributed by atoms with Crippen molar-refractivity contribution in [1.29, 1.82) is 0 Å². The van der Waals surface area contributed by atoms with Crippen molar-refractivity contribution in [1.82, 2.24) is 9.80 Å². The van der Waals surface area contributed by atoms with Gasteiger partial charge in [-0.3, -0.25) is 14.9 Å². The Morgan fingerprint density at radius 1 is 0.974 bits per heavy atom. The van der Waals surface area contributed by atoms with Crippen LogP contribution in [-0.2, 0) is 5.60 Å². The molecule has 1 aliphatic heterocycles. The summed E-state index contributed by atoms with van der Waals surface area (Å²) in [5.41, 5.74) is 1.75. The predicted molar refractivity (Wildman–Crippen MR) is 153 cm³/mol. The van der Waals surface area contributed by atoms with Crippen molar-refractivity contribution in [3.63, 3.8) is 0 Å². The van der Waals surface area contributed by atoms with E-state index in [2.05, 4.69) is 5.32 Å². The number of carbonyl (C=O) groups is 1. The lowest BCUT2D eigenvalue weighted by molar-refractivity contribution is -0.404. The summed E-state index contributed by atoms with van der Waals surface area (Å²) in [5.74, 6) is 0.268. The van der Waals surface area contributed by atoms with Crippen LogP contribution >= 0.6 is 0 Å². The molecule has 0 aromatic heterocycles. The fraction of sp³-hybridized carbons (Fsp3) is 0.323. The Morgan fingerprint density at radius 3 is 1.95 bits per heavy atom. The first kappa shape index (κ1) is 27.9. The zero-order valence-electron chi connectivity index (χ0n) is 22.5. The molecular weight excluding hydrogens is 492 g/mol. The molecule has 1 aliphatic rings. The van der Waals surface area contributed by atoms with Gasteiger partial charge in [0.15, 0.2) is 5.82 Å². The van der Waals surface area contributed by atoms with E-state index in [-0.39, 0.29) is 11.8 Å². The summed E-state index contributed by atoms with van der Waals surface area (Å²) >= 11 is 0. The maximum Gasteiger partial charge on any atom is 0.274 e. The van der Waals surface area contributed by atoms with Crippen LogP contribution < -0.4 is 5.32 Å². The molecule has 204 valence electrons. The lowest BCUT2D eigenvalue weighted by Gasteiger charge is -2.43. The van der Waals surface area contributed by atoms with E-state index < -0.39 is 10.5 Å². The Labute approximate surface area is 229 Å². The molecule has 0 saturated carbocycles. The van der Waals surface area contributed by atoms with Gasteiger partial charge in [-0.05, 0) is 68.0 Å². The highest BCUT2D eigenvalue weighted by atomic mass is 16.6. The second-order valence-corrected chi connectivity index (χ2v) is 9.74. The summed E-state index contributed by atoms with van der Waals surface area (Å²) < 4.78 is 0. The Morgan fingerprint density at radius 2 is 1.49 bits per heavy atom. The van der Waals surface area contributed by atoms with Crippen molar-refractivity contribution in [3.05, 3.63) is 124 Å². The van der Waals surface area contributed by atoms with Gasteiger partial charge in [-0.1, -0.05) is 60.7 Å². The summed E-state index contributed by atoms with van der Waals surface area (Å²) in [6, 6.07) is 26.4. The molecule has 3 aromatic carbocycles.